The predicted octanol–water partition coefficient (Wildman–Crippen LogP) is 2.93. The Morgan fingerprint density at radius 1 is 1.17 bits per heavy atom. The van der Waals surface area contributed by atoms with E-state index in [-0.39, 0.29) is 6.61 Å². The van der Waals surface area contributed by atoms with E-state index in [9.17, 15) is 5.11 Å². The fourth-order valence-electron chi connectivity index (χ4n) is 3.75. The maximum Gasteiger partial charge on any atom is 0.141 e. The van der Waals surface area contributed by atoms with Crippen LogP contribution in [0.4, 0.5) is 5.82 Å². The Labute approximate surface area is 148 Å². The number of hydrogen-bond donors (Lipinski definition) is 1. The van der Waals surface area contributed by atoms with E-state index in [2.05, 4.69) is 46.9 Å². The average Bonchev–Trinajstić information content (AvgIpc) is 3.03. The summed E-state index contributed by atoms with van der Waals surface area (Å²) in [7, 11) is 4.34. The number of anilines is 1. The maximum absolute atomic E-state index is 9.60. The lowest BCUT2D eigenvalue weighted by molar-refractivity contribution is 0.209. The molecule has 0 spiro atoms. The third-order valence-electron chi connectivity index (χ3n) is 5.16. The summed E-state index contributed by atoms with van der Waals surface area (Å²) in [5, 5.41) is 10.7. The fourth-order valence-corrected chi connectivity index (χ4v) is 4.68. The van der Waals surface area contributed by atoms with Gasteiger partial charge in [-0.05, 0) is 52.3 Å². The van der Waals surface area contributed by atoms with Gasteiger partial charge in [-0.1, -0.05) is 6.92 Å². The molecule has 1 saturated carbocycles. The van der Waals surface area contributed by atoms with Crippen LogP contribution < -0.4 is 4.90 Å². The smallest absolute Gasteiger partial charge is 0.141 e. The quantitative estimate of drug-likeness (QED) is 0.870. The first-order valence-corrected chi connectivity index (χ1v) is 9.73. The zero-order valence-corrected chi connectivity index (χ0v) is 15.7. The van der Waals surface area contributed by atoms with Crippen molar-refractivity contribution >= 4 is 27.4 Å². The molecule has 132 valence electrons. The lowest BCUT2D eigenvalue weighted by atomic mass is 9.89. The molecule has 0 amide bonds. The van der Waals surface area contributed by atoms with Crippen molar-refractivity contribution in [2.24, 2.45) is 0 Å². The SMILES string of the molecule is CCc1cc2c(N(CCO)[C@H]3CC[C@H](N(C)C)CC3)ncnc2s1. The van der Waals surface area contributed by atoms with Crippen LogP contribution in [0.15, 0.2) is 12.4 Å². The molecule has 3 rings (SSSR count). The predicted molar refractivity (Wildman–Crippen MR) is 101 cm³/mol. The molecule has 1 aliphatic rings. The number of aryl methyl sites for hydroxylation is 1. The molecule has 0 unspecified atom stereocenters. The molecular formula is C18H28N4OS. The van der Waals surface area contributed by atoms with E-state index in [1.54, 1.807) is 17.7 Å². The highest BCUT2D eigenvalue weighted by Crippen LogP contribution is 2.34. The molecule has 2 heterocycles. The summed E-state index contributed by atoms with van der Waals surface area (Å²) in [6.07, 6.45) is 7.41. The van der Waals surface area contributed by atoms with E-state index in [1.807, 2.05) is 0 Å². The van der Waals surface area contributed by atoms with Crippen molar-refractivity contribution in [2.45, 2.75) is 51.1 Å². The summed E-state index contributed by atoms with van der Waals surface area (Å²) < 4.78 is 0. The standard InChI is InChI=1S/C18H28N4OS/c1-4-15-11-16-17(19-12-20-18(16)24-15)22(9-10-23)14-7-5-13(6-8-14)21(2)3/h11-14,23H,4-10H2,1-3H3/t13-,14-. The van der Waals surface area contributed by atoms with Crippen molar-refractivity contribution in [1.29, 1.82) is 0 Å². The molecule has 0 bridgehead atoms. The van der Waals surface area contributed by atoms with Gasteiger partial charge in [0.2, 0.25) is 0 Å². The maximum atomic E-state index is 9.60. The molecule has 0 atom stereocenters. The average molecular weight is 349 g/mol. The van der Waals surface area contributed by atoms with Gasteiger partial charge in [-0.25, -0.2) is 9.97 Å². The second kappa shape index (κ2) is 7.76. The van der Waals surface area contributed by atoms with E-state index in [0.717, 1.165) is 35.3 Å². The van der Waals surface area contributed by atoms with Crippen LogP contribution in [0.3, 0.4) is 0 Å². The Bertz CT molecular complexity index is 664. The molecule has 5 nitrogen and oxygen atoms in total. The molecule has 2 aromatic rings. The molecule has 24 heavy (non-hydrogen) atoms. The molecule has 0 aliphatic heterocycles. The van der Waals surface area contributed by atoms with Gasteiger partial charge in [0, 0.05) is 23.5 Å². The number of nitrogens with zero attached hydrogens (tertiary/aromatic N) is 4. The lowest BCUT2D eigenvalue weighted by Crippen LogP contribution is -2.43. The number of aliphatic hydroxyl groups excluding tert-OH is 1. The first kappa shape index (κ1) is 17.6. The van der Waals surface area contributed by atoms with Gasteiger partial charge < -0.3 is 14.9 Å². The molecule has 2 aromatic heterocycles. The number of aromatic nitrogens is 2. The largest absolute Gasteiger partial charge is 0.395 e. The molecule has 0 aromatic carbocycles. The Hall–Kier alpha value is -1.24. The molecular weight excluding hydrogens is 320 g/mol. The Kier molecular flexibility index (Phi) is 5.69. The van der Waals surface area contributed by atoms with E-state index < -0.39 is 0 Å². The minimum absolute atomic E-state index is 0.157. The van der Waals surface area contributed by atoms with Gasteiger partial charge in [0.1, 0.15) is 17.0 Å². The zero-order valence-electron chi connectivity index (χ0n) is 14.9. The van der Waals surface area contributed by atoms with Crippen LogP contribution in [0, 0.1) is 0 Å². The summed E-state index contributed by atoms with van der Waals surface area (Å²) in [6, 6.07) is 3.36. The van der Waals surface area contributed by atoms with Crippen LogP contribution >= 0.6 is 11.3 Å². The molecule has 0 saturated heterocycles. The second-order valence-corrected chi connectivity index (χ2v) is 7.94. The summed E-state index contributed by atoms with van der Waals surface area (Å²) >= 11 is 1.75. The molecule has 6 heteroatoms. The van der Waals surface area contributed by atoms with Gasteiger partial charge in [-0.2, -0.15) is 0 Å². The summed E-state index contributed by atoms with van der Waals surface area (Å²) in [5.74, 6) is 0.998. The van der Waals surface area contributed by atoms with Gasteiger partial charge in [0.25, 0.3) is 0 Å². The van der Waals surface area contributed by atoms with Crippen LogP contribution in [0.1, 0.15) is 37.5 Å². The van der Waals surface area contributed by atoms with Gasteiger partial charge >= 0.3 is 0 Å². The van der Waals surface area contributed by atoms with Crippen LogP contribution in [0.5, 0.6) is 0 Å². The van der Waals surface area contributed by atoms with Crippen molar-refractivity contribution < 1.29 is 5.11 Å². The first-order chi connectivity index (χ1) is 11.6. The highest BCUT2D eigenvalue weighted by molar-refractivity contribution is 7.18. The Morgan fingerprint density at radius 3 is 2.50 bits per heavy atom. The zero-order chi connectivity index (χ0) is 17.1. The first-order valence-electron chi connectivity index (χ1n) is 8.91. The minimum Gasteiger partial charge on any atom is -0.395 e. The van der Waals surface area contributed by atoms with E-state index in [0.29, 0.717) is 18.6 Å². The van der Waals surface area contributed by atoms with Gasteiger partial charge in [-0.15, -0.1) is 11.3 Å². The third kappa shape index (κ3) is 3.55. The highest BCUT2D eigenvalue weighted by Gasteiger charge is 2.28. The molecule has 1 fully saturated rings. The summed E-state index contributed by atoms with van der Waals surface area (Å²) in [4.78, 5) is 16.1. The number of hydrogen-bond acceptors (Lipinski definition) is 6. The number of fused-ring (bicyclic) bond motifs is 1. The number of thiophene rings is 1. The Morgan fingerprint density at radius 2 is 1.88 bits per heavy atom. The number of aliphatic hydroxyl groups is 1. The van der Waals surface area contributed by atoms with Crippen molar-refractivity contribution in [3.8, 4) is 0 Å². The lowest BCUT2D eigenvalue weighted by Gasteiger charge is -2.39. The minimum atomic E-state index is 0.157. The van der Waals surface area contributed by atoms with Crippen LogP contribution in [-0.2, 0) is 6.42 Å². The van der Waals surface area contributed by atoms with Gasteiger partial charge in [0.05, 0.1) is 12.0 Å². The van der Waals surface area contributed by atoms with Crippen LogP contribution in [0.25, 0.3) is 10.2 Å². The van der Waals surface area contributed by atoms with Gasteiger partial charge in [0.15, 0.2) is 0 Å². The monoisotopic (exact) mass is 348 g/mol. The third-order valence-corrected chi connectivity index (χ3v) is 6.35. The van der Waals surface area contributed by atoms with E-state index >= 15 is 0 Å². The topological polar surface area (TPSA) is 52.5 Å². The molecule has 0 radical (unpaired) electrons. The molecule has 1 N–H and O–H groups in total. The van der Waals surface area contributed by atoms with Crippen LogP contribution in [0.2, 0.25) is 0 Å². The second-order valence-electron chi connectivity index (χ2n) is 6.83. The van der Waals surface area contributed by atoms with E-state index in [1.165, 1.54) is 17.7 Å². The van der Waals surface area contributed by atoms with Crippen molar-refractivity contribution in [3.63, 3.8) is 0 Å². The van der Waals surface area contributed by atoms with Crippen molar-refractivity contribution in [3.05, 3.63) is 17.3 Å². The summed E-state index contributed by atoms with van der Waals surface area (Å²) in [5.41, 5.74) is 0. The Balaban J connectivity index is 1.87. The number of rotatable bonds is 6. The van der Waals surface area contributed by atoms with Crippen molar-refractivity contribution in [1.82, 2.24) is 14.9 Å². The highest BCUT2D eigenvalue weighted by atomic mass is 32.1. The summed E-state index contributed by atoms with van der Waals surface area (Å²) in [6.45, 7) is 2.97. The van der Waals surface area contributed by atoms with Crippen molar-refractivity contribution in [2.75, 3.05) is 32.1 Å². The molecule has 1 aliphatic carbocycles. The van der Waals surface area contributed by atoms with Gasteiger partial charge in [-0.3, -0.25) is 0 Å². The van der Waals surface area contributed by atoms with Crippen LogP contribution in [-0.4, -0.2) is 59.3 Å². The van der Waals surface area contributed by atoms with E-state index in [4.69, 9.17) is 0 Å². The normalized spacial score (nSPS) is 21.5. The fraction of sp³-hybridized carbons (Fsp3) is 0.667.